The van der Waals surface area contributed by atoms with Gasteiger partial charge in [0.05, 0.1) is 12.1 Å². The van der Waals surface area contributed by atoms with E-state index in [2.05, 4.69) is 33.8 Å². The zero-order valence-corrected chi connectivity index (χ0v) is 14.3. The molecule has 0 amide bonds. The summed E-state index contributed by atoms with van der Waals surface area (Å²) in [6.07, 6.45) is 3.52. The van der Waals surface area contributed by atoms with E-state index < -0.39 is 0 Å². The van der Waals surface area contributed by atoms with Gasteiger partial charge in [-0.15, -0.1) is 0 Å². The molecule has 0 saturated carbocycles. The SMILES string of the molecule is COc1ccc(N2CCN(Cc3ccncc3Cl)[C@@H](C)C2)cc1. The predicted octanol–water partition coefficient (Wildman–Crippen LogP) is 3.45. The third-order valence-electron chi connectivity index (χ3n) is 4.43. The molecule has 1 fully saturated rings. The summed E-state index contributed by atoms with van der Waals surface area (Å²) >= 11 is 6.23. The Morgan fingerprint density at radius 2 is 2.00 bits per heavy atom. The first-order valence-corrected chi connectivity index (χ1v) is 8.26. The molecular formula is C18H22ClN3O. The molecule has 23 heavy (non-hydrogen) atoms. The summed E-state index contributed by atoms with van der Waals surface area (Å²) in [6.45, 7) is 6.18. The Morgan fingerprint density at radius 1 is 1.22 bits per heavy atom. The van der Waals surface area contributed by atoms with Crippen LogP contribution in [0.3, 0.4) is 0 Å². The fraction of sp³-hybridized carbons (Fsp3) is 0.389. The fourth-order valence-electron chi connectivity index (χ4n) is 3.01. The molecule has 0 unspecified atom stereocenters. The standard InChI is InChI=1S/C18H22ClN3O/c1-14-12-22(16-3-5-17(23-2)6-4-16)10-9-21(14)13-15-7-8-20-11-18(15)19/h3-8,11,14H,9-10,12-13H2,1-2H3/t14-/m0/s1. The third kappa shape index (κ3) is 3.77. The Hall–Kier alpha value is -1.78. The molecule has 0 N–H and O–H groups in total. The Kier molecular flexibility index (Phi) is 5.03. The second-order valence-electron chi connectivity index (χ2n) is 5.93. The highest BCUT2D eigenvalue weighted by Crippen LogP contribution is 2.24. The van der Waals surface area contributed by atoms with Crippen LogP contribution in [0.5, 0.6) is 5.75 Å². The first kappa shape index (κ1) is 16.1. The highest BCUT2D eigenvalue weighted by molar-refractivity contribution is 6.31. The first-order valence-electron chi connectivity index (χ1n) is 7.89. The van der Waals surface area contributed by atoms with E-state index in [4.69, 9.17) is 16.3 Å². The van der Waals surface area contributed by atoms with E-state index in [1.165, 1.54) is 5.69 Å². The summed E-state index contributed by atoms with van der Waals surface area (Å²) in [5.74, 6) is 0.896. The zero-order chi connectivity index (χ0) is 16.2. The minimum absolute atomic E-state index is 0.468. The number of pyridine rings is 1. The second kappa shape index (κ2) is 7.20. The number of methoxy groups -OCH3 is 1. The lowest BCUT2D eigenvalue weighted by atomic mass is 10.1. The maximum Gasteiger partial charge on any atom is 0.119 e. The van der Waals surface area contributed by atoms with Crippen LogP contribution in [0, 0.1) is 0 Å². The smallest absolute Gasteiger partial charge is 0.119 e. The Bertz CT molecular complexity index is 647. The van der Waals surface area contributed by atoms with Crippen LogP contribution in [-0.2, 0) is 6.54 Å². The lowest BCUT2D eigenvalue weighted by molar-refractivity contribution is 0.181. The van der Waals surface area contributed by atoms with E-state index in [1.807, 2.05) is 18.2 Å². The van der Waals surface area contributed by atoms with Gasteiger partial charge in [-0.05, 0) is 42.8 Å². The molecule has 4 nitrogen and oxygen atoms in total. The van der Waals surface area contributed by atoms with Gasteiger partial charge in [-0.3, -0.25) is 9.88 Å². The maximum atomic E-state index is 6.23. The zero-order valence-electron chi connectivity index (χ0n) is 13.6. The van der Waals surface area contributed by atoms with Gasteiger partial charge in [-0.2, -0.15) is 0 Å². The van der Waals surface area contributed by atoms with Gasteiger partial charge in [0.1, 0.15) is 5.75 Å². The molecule has 0 spiro atoms. The molecule has 3 rings (SSSR count). The molecule has 1 aliphatic rings. The molecule has 2 aromatic rings. The molecule has 1 atom stereocenters. The van der Waals surface area contributed by atoms with Gasteiger partial charge in [0.25, 0.3) is 0 Å². The summed E-state index contributed by atoms with van der Waals surface area (Å²) in [5, 5.41) is 0.747. The predicted molar refractivity (Wildman–Crippen MR) is 94.3 cm³/mol. The number of nitrogens with zero attached hydrogens (tertiary/aromatic N) is 3. The molecule has 5 heteroatoms. The third-order valence-corrected chi connectivity index (χ3v) is 4.77. The Morgan fingerprint density at radius 3 is 2.65 bits per heavy atom. The van der Waals surface area contributed by atoms with Crippen LogP contribution in [0.1, 0.15) is 12.5 Å². The minimum atomic E-state index is 0.468. The topological polar surface area (TPSA) is 28.6 Å². The number of hydrogen-bond donors (Lipinski definition) is 0. The molecule has 1 aromatic heterocycles. The van der Waals surface area contributed by atoms with Crippen LogP contribution in [-0.4, -0.2) is 42.7 Å². The van der Waals surface area contributed by atoms with E-state index in [1.54, 1.807) is 19.5 Å². The van der Waals surface area contributed by atoms with Crippen LogP contribution in [0.2, 0.25) is 5.02 Å². The van der Waals surface area contributed by atoms with Gasteiger partial charge >= 0.3 is 0 Å². The number of anilines is 1. The van der Waals surface area contributed by atoms with Crippen molar-refractivity contribution in [1.29, 1.82) is 0 Å². The van der Waals surface area contributed by atoms with Crippen molar-refractivity contribution in [3.8, 4) is 5.75 Å². The number of aromatic nitrogens is 1. The quantitative estimate of drug-likeness (QED) is 0.858. The van der Waals surface area contributed by atoms with Gasteiger partial charge in [-0.1, -0.05) is 11.6 Å². The summed E-state index contributed by atoms with van der Waals surface area (Å²) in [5.41, 5.74) is 2.39. The van der Waals surface area contributed by atoms with E-state index in [0.717, 1.165) is 42.5 Å². The minimum Gasteiger partial charge on any atom is -0.497 e. The van der Waals surface area contributed by atoms with Crippen molar-refractivity contribution in [1.82, 2.24) is 9.88 Å². The molecule has 1 saturated heterocycles. The number of benzene rings is 1. The number of halogens is 1. The average molecular weight is 332 g/mol. The maximum absolute atomic E-state index is 6.23. The van der Waals surface area contributed by atoms with Crippen molar-refractivity contribution < 1.29 is 4.74 Å². The van der Waals surface area contributed by atoms with E-state index in [-0.39, 0.29) is 0 Å². The summed E-state index contributed by atoms with van der Waals surface area (Å²) < 4.78 is 5.23. The Balaban J connectivity index is 1.63. The van der Waals surface area contributed by atoms with Gasteiger partial charge in [0.15, 0.2) is 0 Å². The monoisotopic (exact) mass is 331 g/mol. The molecule has 0 radical (unpaired) electrons. The molecule has 2 heterocycles. The van der Waals surface area contributed by atoms with Crippen LogP contribution in [0.4, 0.5) is 5.69 Å². The summed E-state index contributed by atoms with van der Waals surface area (Å²) in [7, 11) is 1.69. The number of hydrogen-bond acceptors (Lipinski definition) is 4. The second-order valence-corrected chi connectivity index (χ2v) is 6.34. The van der Waals surface area contributed by atoms with E-state index >= 15 is 0 Å². The van der Waals surface area contributed by atoms with E-state index in [0.29, 0.717) is 6.04 Å². The summed E-state index contributed by atoms with van der Waals surface area (Å²) in [4.78, 5) is 8.95. The van der Waals surface area contributed by atoms with Gasteiger partial charge in [-0.25, -0.2) is 0 Å². The lowest BCUT2D eigenvalue weighted by Crippen LogP contribution is -2.51. The summed E-state index contributed by atoms with van der Waals surface area (Å²) in [6, 6.07) is 10.8. The van der Waals surface area contributed by atoms with Crippen LogP contribution >= 0.6 is 11.6 Å². The van der Waals surface area contributed by atoms with Crippen LogP contribution in [0.15, 0.2) is 42.7 Å². The van der Waals surface area contributed by atoms with Gasteiger partial charge in [0.2, 0.25) is 0 Å². The highest BCUT2D eigenvalue weighted by Gasteiger charge is 2.24. The normalized spacial score (nSPS) is 18.9. The fourth-order valence-corrected chi connectivity index (χ4v) is 3.19. The lowest BCUT2D eigenvalue weighted by Gasteiger charge is -2.41. The van der Waals surface area contributed by atoms with Crippen LogP contribution in [0.25, 0.3) is 0 Å². The van der Waals surface area contributed by atoms with E-state index in [9.17, 15) is 0 Å². The molecule has 0 bridgehead atoms. The molecule has 1 aliphatic heterocycles. The number of piperazine rings is 1. The largest absolute Gasteiger partial charge is 0.497 e. The Labute approximate surface area is 142 Å². The van der Waals surface area contributed by atoms with Crippen molar-refractivity contribution in [2.45, 2.75) is 19.5 Å². The van der Waals surface area contributed by atoms with Crippen LogP contribution < -0.4 is 9.64 Å². The number of ether oxygens (including phenoxy) is 1. The highest BCUT2D eigenvalue weighted by atomic mass is 35.5. The molecule has 122 valence electrons. The number of rotatable bonds is 4. The van der Waals surface area contributed by atoms with Crippen molar-refractivity contribution in [2.24, 2.45) is 0 Å². The van der Waals surface area contributed by atoms with Crippen molar-refractivity contribution >= 4 is 17.3 Å². The average Bonchev–Trinajstić information content (AvgIpc) is 2.58. The molecule has 1 aromatic carbocycles. The van der Waals surface area contributed by atoms with Crippen molar-refractivity contribution in [2.75, 3.05) is 31.6 Å². The molecular weight excluding hydrogens is 310 g/mol. The van der Waals surface area contributed by atoms with Gasteiger partial charge < -0.3 is 9.64 Å². The van der Waals surface area contributed by atoms with Gasteiger partial charge in [0, 0.05) is 50.3 Å². The molecule has 0 aliphatic carbocycles. The van der Waals surface area contributed by atoms with Crippen molar-refractivity contribution in [3.05, 3.63) is 53.3 Å². The van der Waals surface area contributed by atoms with Crippen molar-refractivity contribution in [3.63, 3.8) is 0 Å². The first-order chi connectivity index (χ1) is 11.2.